The molecule has 0 aromatic heterocycles. The van der Waals surface area contributed by atoms with E-state index in [2.05, 4.69) is 49.6 Å². The van der Waals surface area contributed by atoms with Crippen molar-refractivity contribution in [3.8, 4) is 0 Å². The van der Waals surface area contributed by atoms with Crippen LogP contribution in [-0.4, -0.2) is 13.1 Å². The number of nitrogens with one attached hydrogen (secondary N) is 1. The first-order chi connectivity index (χ1) is 9.29. The van der Waals surface area contributed by atoms with E-state index >= 15 is 0 Å². The minimum absolute atomic E-state index is 0.743. The van der Waals surface area contributed by atoms with E-state index in [4.69, 9.17) is 0 Å². The Labute approximate surface area is 117 Å². The molecule has 2 aliphatic rings. The minimum Gasteiger partial charge on any atom is -0.316 e. The summed E-state index contributed by atoms with van der Waals surface area (Å²) in [5, 5.41) is 3.65. The van der Waals surface area contributed by atoms with Gasteiger partial charge in [-0.05, 0) is 55.5 Å². The monoisotopic (exact) mass is 257 g/mol. The van der Waals surface area contributed by atoms with Crippen molar-refractivity contribution < 1.29 is 0 Å². The molecule has 0 radical (unpaired) electrons. The van der Waals surface area contributed by atoms with E-state index in [1.165, 1.54) is 32.1 Å². The zero-order valence-corrected chi connectivity index (χ0v) is 12.3. The summed E-state index contributed by atoms with van der Waals surface area (Å²) in [7, 11) is 2.17. The van der Waals surface area contributed by atoms with E-state index in [1.807, 2.05) is 0 Å². The normalized spacial score (nSPS) is 35.9. The van der Waals surface area contributed by atoms with Gasteiger partial charge >= 0.3 is 0 Å². The molecule has 5 unspecified atom stereocenters. The summed E-state index contributed by atoms with van der Waals surface area (Å²) in [6.45, 7) is 2.43. The second-order valence-corrected chi connectivity index (χ2v) is 6.76. The molecule has 2 saturated carbocycles. The first kappa shape index (κ1) is 13.2. The molecule has 19 heavy (non-hydrogen) atoms. The Bertz CT molecular complexity index is 399. The Morgan fingerprint density at radius 2 is 1.89 bits per heavy atom. The second kappa shape index (κ2) is 5.66. The predicted molar refractivity (Wildman–Crippen MR) is 81.3 cm³/mol. The standard InChI is InChI=1S/C18H27N/c1-13-7-6-10-15(11-13)18(19-2)17-12-16(17)14-8-4-3-5-9-14/h3-5,8-9,13,15-19H,6-7,10-12H2,1-2H3. The smallest absolute Gasteiger partial charge is 0.0127 e. The molecule has 1 nitrogen and oxygen atoms in total. The van der Waals surface area contributed by atoms with Crippen LogP contribution in [-0.2, 0) is 0 Å². The van der Waals surface area contributed by atoms with Crippen molar-refractivity contribution in [3.63, 3.8) is 0 Å². The van der Waals surface area contributed by atoms with Gasteiger partial charge in [0.25, 0.3) is 0 Å². The van der Waals surface area contributed by atoms with Gasteiger partial charge < -0.3 is 5.32 Å². The molecule has 1 N–H and O–H groups in total. The lowest BCUT2D eigenvalue weighted by Crippen LogP contribution is -2.38. The molecular formula is C18H27N. The number of hydrogen-bond donors (Lipinski definition) is 1. The van der Waals surface area contributed by atoms with Gasteiger partial charge in [-0.25, -0.2) is 0 Å². The molecule has 1 heteroatoms. The van der Waals surface area contributed by atoms with Gasteiger partial charge in [-0.3, -0.25) is 0 Å². The summed E-state index contributed by atoms with van der Waals surface area (Å²) >= 11 is 0. The Balaban J connectivity index is 1.65. The van der Waals surface area contributed by atoms with Crippen LogP contribution >= 0.6 is 0 Å². The van der Waals surface area contributed by atoms with Gasteiger partial charge in [-0.1, -0.05) is 50.1 Å². The van der Waals surface area contributed by atoms with Crippen LogP contribution in [0.4, 0.5) is 0 Å². The zero-order chi connectivity index (χ0) is 13.2. The maximum atomic E-state index is 3.65. The molecule has 3 rings (SSSR count). The Morgan fingerprint density at radius 3 is 2.58 bits per heavy atom. The van der Waals surface area contributed by atoms with Crippen molar-refractivity contribution >= 4 is 0 Å². The van der Waals surface area contributed by atoms with Crippen molar-refractivity contribution in [3.05, 3.63) is 35.9 Å². The van der Waals surface area contributed by atoms with Crippen LogP contribution in [0.3, 0.4) is 0 Å². The molecule has 0 amide bonds. The average molecular weight is 257 g/mol. The lowest BCUT2D eigenvalue weighted by atomic mass is 9.77. The Kier molecular flexibility index (Phi) is 3.93. The van der Waals surface area contributed by atoms with Crippen LogP contribution in [0.1, 0.15) is 50.5 Å². The molecule has 1 aromatic carbocycles. The van der Waals surface area contributed by atoms with Crippen molar-refractivity contribution in [2.75, 3.05) is 7.05 Å². The van der Waals surface area contributed by atoms with E-state index < -0.39 is 0 Å². The van der Waals surface area contributed by atoms with Crippen molar-refractivity contribution in [1.82, 2.24) is 5.32 Å². The molecule has 1 aromatic rings. The first-order valence-electron chi connectivity index (χ1n) is 8.01. The van der Waals surface area contributed by atoms with Gasteiger partial charge in [0.1, 0.15) is 0 Å². The predicted octanol–water partition coefficient (Wildman–Crippen LogP) is 4.20. The van der Waals surface area contributed by atoms with Crippen molar-refractivity contribution in [2.45, 2.75) is 51.0 Å². The summed E-state index contributed by atoms with van der Waals surface area (Å²) in [4.78, 5) is 0. The third-order valence-electron chi connectivity index (χ3n) is 5.35. The Morgan fingerprint density at radius 1 is 1.11 bits per heavy atom. The number of benzene rings is 1. The number of hydrogen-bond acceptors (Lipinski definition) is 1. The maximum absolute atomic E-state index is 3.65. The van der Waals surface area contributed by atoms with Gasteiger partial charge in [0, 0.05) is 6.04 Å². The molecule has 2 aliphatic carbocycles. The molecule has 0 bridgehead atoms. The van der Waals surface area contributed by atoms with E-state index in [-0.39, 0.29) is 0 Å². The lowest BCUT2D eigenvalue weighted by molar-refractivity contribution is 0.212. The van der Waals surface area contributed by atoms with Crippen LogP contribution in [0.15, 0.2) is 30.3 Å². The molecule has 0 aliphatic heterocycles. The molecule has 2 fully saturated rings. The van der Waals surface area contributed by atoms with E-state index in [9.17, 15) is 0 Å². The van der Waals surface area contributed by atoms with Crippen LogP contribution in [0.5, 0.6) is 0 Å². The Hall–Kier alpha value is -0.820. The highest BCUT2D eigenvalue weighted by Gasteiger charge is 2.46. The highest BCUT2D eigenvalue weighted by molar-refractivity contribution is 5.26. The van der Waals surface area contributed by atoms with Crippen LogP contribution in [0.25, 0.3) is 0 Å². The summed E-state index contributed by atoms with van der Waals surface area (Å²) < 4.78 is 0. The quantitative estimate of drug-likeness (QED) is 0.852. The van der Waals surface area contributed by atoms with Crippen LogP contribution in [0, 0.1) is 17.8 Å². The van der Waals surface area contributed by atoms with E-state index in [0.29, 0.717) is 0 Å². The van der Waals surface area contributed by atoms with Crippen molar-refractivity contribution in [2.24, 2.45) is 17.8 Å². The molecular weight excluding hydrogens is 230 g/mol. The van der Waals surface area contributed by atoms with E-state index in [0.717, 1.165) is 29.7 Å². The molecule has 0 spiro atoms. The zero-order valence-electron chi connectivity index (χ0n) is 12.3. The first-order valence-corrected chi connectivity index (χ1v) is 8.01. The van der Waals surface area contributed by atoms with Gasteiger partial charge in [0.15, 0.2) is 0 Å². The van der Waals surface area contributed by atoms with Gasteiger partial charge in [0.2, 0.25) is 0 Å². The van der Waals surface area contributed by atoms with E-state index in [1.54, 1.807) is 5.56 Å². The lowest BCUT2D eigenvalue weighted by Gasteiger charge is -2.33. The van der Waals surface area contributed by atoms with Crippen LogP contribution in [0.2, 0.25) is 0 Å². The van der Waals surface area contributed by atoms with Gasteiger partial charge in [-0.2, -0.15) is 0 Å². The third kappa shape index (κ3) is 2.86. The minimum atomic E-state index is 0.743. The fraction of sp³-hybridized carbons (Fsp3) is 0.667. The highest BCUT2D eigenvalue weighted by atomic mass is 14.9. The van der Waals surface area contributed by atoms with Gasteiger partial charge in [-0.15, -0.1) is 0 Å². The highest BCUT2D eigenvalue weighted by Crippen LogP contribution is 2.52. The molecule has 104 valence electrons. The molecule has 5 atom stereocenters. The summed E-state index contributed by atoms with van der Waals surface area (Å²) in [6, 6.07) is 11.8. The summed E-state index contributed by atoms with van der Waals surface area (Å²) in [5.41, 5.74) is 1.55. The third-order valence-corrected chi connectivity index (χ3v) is 5.35. The maximum Gasteiger partial charge on any atom is 0.0127 e. The van der Waals surface area contributed by atoms with Crippen LogP contribution < -0.4 is 5.32 Å². The molecule has 0 saturated heterocycles. The van der Waals surface area contributed by atoms with Crippen molar-refractivity contribution in [1.29, 1.82) is 0 Å². The van der Waals surface area contributed by atoms with Gasteiger partial charge in [0.05, 0.1) is 0 Å². The SMILES string of the molecule is CNC(C1CCCC(C)C1)C1CC1c1ccccc1. The largest absolute Gasteiger partial charge is 0.316 e. The fourth-order valence-electron chi connectivity index (χ4n) is 4.30. The summed E-state index contributed by atoms with van der Waals surface area (Å²) in [6.07, 6.45) is 7.14. The number of rotatable bonds is 4. The average Bonchev–Trinajstić information content (AvgIpc) is 3.21. The molecule has 0 heterocycles. The summed E-state index contributed by atoms with van der Waals surface area (Å²) in [5.74, 6) is 3.54. The second-order valence-electron chi connectivity index (χ2n) is 6.76. The topological polar surface area (TPSA) is 12.0 Å². The fourth-order valence-corrected chi connectivity index (χ4v) is 4.30.